The van der Waals surface area contributed by atoms with Crippen molar-refractivity contribution >= 4 is 29.3 Å². The fourth-order valence-corrected chi connectivity index (χ4v) is 3.73. The van der Waals surface area contributed by atoms with E-state index in [1.807, 2.05) is 40.9 Å². The Kier molecular flexibility index (Phi) is 6.71. The van der Waals surface area contributed by atoms with Crippen LogP contribution in [0.2, 0.25) is 0 Å². The molecule has 1 aliphatic rings. The highest BCUT2D eigenvalue weighted by Crippen LogP contribution is 2.22. The van der Waals surface area contributed by atoms with Crippen LogP contribution in [0.4, 0.5) is 5.69 Å². The third-order valence-corrected chi connectivity index (χ3v) is 5.35. The molecule has 0 aromatic heterocycles. The summed E-state index contributed by atoms with van der Waals surface area (Å²) in [6.45, 7) is 7.35. The molecule has 124 valence electrons. The molecule has 5 heteroatoms. The van der Waals surface area contributed by atoms with E-state index in [0.29, 0.717) is 11.7 Å². The van der Waals surface area contributed by atoms with Crippen LogP contribution < -0.4 is 5.32 Å². The van der Waals surface area contributed by atoms with Crippen LogP contribution in [0.15, 0.2) is 36.9 Å². The first-order chi connectivity index (χ1) is 11.1. The Hall–Kier alpha value is -1.75. The van der Waals surface area contributed by atoms with Gasteiger partial charge in [0.15, 0.2) is 0 Å². The Morgan fingerprint density at radius 1 is 1.39 bits per heavy atom. The fraction of sp³-hybridized carbons (Fsp3) is 0.444. The summed E-state index contributed by atoms with van der Waals surface area (Å²) in [5.41, 5.74) is 1.84. The highest BCUT2D eigenvalue weighted by Gasteiger charge is 2.22. The lowest BCUT2D eigenvalue weighted by Crippen LogP contribution is -2.41. The molecule has 2 rings (SSSR count). The molecule has 1 saturated heterocycles. The summed E-state index contributed by atoms with van der Waals surface area (Å²) in [4.78, 5) is 25.6. The molecule has 1 fully saturated rings. The lowest BCUT2D eigenvalue weighted by atomic mass is 10.1. The number of nitrogens with zero attached hydrogens (tertiary/aromatic N) is 1. The second-order valence-electron chi connectivity index (χ2n) is 5.63. The third-order valence-electron chi connectivity index (χ3n) is 3.98. The lowest BCUT2D eigenvalue weighted by molar-refractivity contribution is -0.131. The number of anilines is 1. The lowest BCUT2D eigenvalue weighted by Gasteiger charge is -2.32. The minimum Gasteiger partial charge on any atom is -0.341 e. The molecule has 0 bridgehead atoms. The van der Waals surface area contributed by atoms with Gasteiger partial charge in [-0.15, -0.1) is 0 Å². The zero-order valence-corrected chi connectivity index (χ0v) is 14.4. The summed E-state index contributed by atoms with van der Waals surface area (Å²) in [6, 6.07) is 7.61. The maximum atomic E-state index is 12.3. The topological polar surface area (TPSA) is 49.4 Å². The average molecular weight is 332 g/mol. The van der Waals surface area contributed by atoms with Crippen LogP contribution in [0.25, 0.3) is 0 Å². The molecule has 1 aromatic rings. The number of thioether (sulfide) groups is 1. The number of amides is 2. The third kappa shape index (κ3) is 5.43. The van der Waals surface area contributed by atoms with E-state index in [1.54, 1.807) is 0 Å². The van der Waals surface area contributed by atoms with E-state index in [4.69, 9.17) is 0 Å². The van der Waals surface area contributed by atoms with E-state index in [2.05, 4.69) is 18.8 Å². The Morgan fingerprint density at radius 2 is 2.13 bits per heavy atom. The monoisotopic (exact) mass is 332 g/mol. The van der Waals surface area contributed by atoms with E-state index in [9.17, 15) is 9.59 Å². The number of hydrogen-bond donors (Lipinski definition) is 1. The van der Waals surface area contributed by atoms with Crippen LogP contribution in [-0.2, 0) is 16.0 Å². The van der Waals surface area contributed by atoms with E-state index in [1.165, 1.54) is 6.08 Å². The average Bonchev–Trinajstić information content (AvgIpc) is 2.60. The first-order valence-corrected chi connectivity index (χ1v) is 9.09. The van der Waals surface area contributed by atoms with Crippen molar-refractivity contribution < 1.29 is 9.59 Å². The molecule has 1 N–H and O–H groups in total. The van der Waals surface area contributed by atoms with Crippen molar-refractivity contribution in [3.63, 3.8) is 0 Å². The van der Waals surface area contributed by atoms with Crippen LogP contribution in [-0.4, -0.2) is 40.8 Å². The van der Waals surface area contributed by atoms with Crippen molar-refractivity contribution in [3.05, 3.63) is 42.5 Å². The predicted octanol–water partition coefficient (Wildman–Crippen LogP) is 3.10. The Bertz CT molecular complexity index is 557. The van der Waals surface area contributed by atoms with Crippen molar-refractivity contribution in [1.82, 2.24) is 4.90 Å². The SMILES string of the molecule is C=CC(=O)Nc1ccc(CCC(=O)N2CCSC(CC)C2)cc1. The van der Waals surface area contributed by atoms with Crippen LogP contribution in [0.1, 0.15) is 25.3 Å². The Balaban J connectivity index is 1.82. The number of carbonyl (C=O) groups is 2. The van der Waals surface area contributed by atoms with Crippen molar-refractivity contribution in [2.24, 2.45) is 0 Å². The smallest absolute Gasteiger partial charge is 0.247 e. The molecule has 4 nitrogen and oxygen atoms in total. The molecule has 1 aliphatic heterocycles. The highest BCUT2D eigenvalue weighted by atomic mass is 32.2. The zero-order valence-electron chi connectivity index (χ0n) is 13.6. The zero-order chi connectivity index (χ0) is 16.7. The summed E-state index contributed by atoms with van der Waals surface area (Å²) in [7, 11) is 0. The Morgan fingerprint density at radius 3 is 2.78 bits per heavy atom. The van der Waals surface area contributed by atoms with E-state index in [0.717, 1.165) is 42.9 Å². The molecule has 23 heavy (non-hydrogen) atoms. The van der Waals surface area contributed by atoms with Gasteiger partial charge in [0.2, 0.25) is 11.8 Å². The molecular formula is C18H24N2O2S. The summed E-state index contributed by atoms with van der Waals surface area (Å²) in [5, 5.41) is 3.30. The summed E-state index contributed by atoms with van der Waals surface area (Å²) in [5.74, 6) is 1.07. The summed E-state index contributed by atoms with van der Waals surface area (Å²) >= 11 is 1.97. The van der Waals surface area contributed by atoms with Gasteiger partial charge in [0.25, 0.3) is 0 Å². The molecule has 0 aliphatic carbocycles. The largest absolute Gasteiger partial charge is 0.341 e. The van der Waals surface area contributed by atoms with Crippen molar-refractivity contribution in [2.75, 3.05) is 24.2 Å². The maximum Gasteiger partial charge on any atom is 0.247 e. The summed E-state index contributed by atoms with van der Waals surface area (Å²) in [6.07, 6.45) is 3.63. The first kappa shape index (κ1) is 17.6. The van der Waals surface area contributed by atoms with Gasteiger partial charge < -0.3 is 10.2 Å². The van der Waals surface area contributed by atoms with Gasteiger partial charge in [-0.05, 0) is 36.6 Å². The predicted molar refractivity (Wildman–Crippen MR) is 96.7 cm³/mol. The number of nitrogens with one attached hydrogen (secondary N) is 1. The van der Waals surface area contributed by atoms with Crippen molar-refractivity contribution in [3.8, 4) is 0 Å². The molecule has 1 unspecified atom stereocenters. The number of rotatable bonds is 6. The highest BCUT2D eigenvalue weighted by molar-refractivity contribution is 8.00. The first-order valence-electron chi connectivity index (χ1n) is 8.04. The van der Waals surface area contributed by atoms with Crippen LogP contribution in [0, 0.1) is 0 Å². The second-order valence-corrected chi connectivity index (χ2v) is 7.04. The Labute approximate surface area is 142 Å². The van der Waals surface area contributed by atoms with E-state index < -0.39 is 0 Å². The standard InChI is InChI=1S/C18H24N2O2S/c1-3-16-13-20(11-12-23-16)18(22)10-7-14-5-8-15(9-6-14)19-17(21)4-2/h4-6,8-9,16H,2-3,7,10-13H2,1H3,(H,19,21). The normalized spacial score (nSPS) is 17.6. The van der Waals surface area contributed by atoms with Crippen molar-refractivity contribution in [2.45, 2.75) is 31.4 Å². The quantitative estimate of drug-likeness (QED) is 0.815. The maximum absolute atomic E-state index is 12.3. The van der Waals surface area contributed by atoms with Crippen molar-refractivity contribution in [1.29, 1.82) is 0 Å². The number of hydrogen-bond acceptors (Lipinski definition) is 3. The van der Waals surface area contributed by atoms with Gasteiger partial charge >= 0.3 is 0 Å². The molecule has 0 radical (unpaired) electrons. The fourth-order valence-electron chi connectivity index (χ4n) is 2.55. The van der Waals surface area contributed by atoms with Crippen LogP contribution in [0.5, 0.6) is 0 Å². The van der Waals surface area contributed by atoms with Gasteiger partial charge in [-0.3, -0.25) is 9.59 Å². The van der Waals surface area contributed by atoms with Gasteiger partial charge in [-0.1, -0.05) is 25.6 Å². The number of aryl methyl sites for hydroxylation is 1. The molecule has 1 aromatic carbocycles. The molecule has 0 spiro atoms. The van der Waals surface area contributed by atoms with Crippen LogP contribution in [0.3, 0.4) is 0 Å². The van der Waals surface area contributed by atoms with E-state index >= 15 is 0 Å². The van der Waals surface area contributed by atoms with Gasteiger partial charge in [0, 0.05) is 36.2 Å². The van der Waals surface area contributed by atoms with Gasteiger partial charge in [-0.25, -0.2) is 0 Å². The molecule has 0 saturated carbocycles. The van der Waals surface area contributed by atoms with Gasteiger partial charge in [-0.2, -0.15) is 11.8 Å². The molecular weight excluding hydrogens is 308 g/mol. The number of benzene rings is 1. The molecule has 1 atom stereocenters. The minimum absolute atomic E-state index is 0.221. The van der Waals surface area contributed by atoms with Gasteiger partial charge in [0.1, 0.15) is 0 Å². The number of carbonyl (C=O) groups excluding carboxylic acids is 2. The summed E-state index contributed by atoms with van der Waals surface area (Å²) < 4.78 is 0. The van der Waals surface area contributed by atoms with E-state index in [-0.39, 0.29) is 11.8 Å². The van der Waals surface area contributed by atoms with Crippen LogP contribution >= 0.6 is 11.8 Å². The van der Waals surface area contributed by atoms with Gasteiger partial charge in [0.05, 0.1) is 0 Å². The molecule has 1 heterocycles. The minimum atomic E-state index is -0.221. The second kappa shape index (κ2) is 8.77. The molecule has 2 amide bonds.